The molecule has 1 N–H and O–H groups in total. The molecule has 2 aliphatic heterocycles. The van der Waals surface area contributed by atoms with Crippen LogP contribution in [0.15, 0.2) is 30.6 Å². The van der Waals surface area contributed by atoms with Crippen molar-refractivity contribution in [3.8, 4) is 17.1 Å². The van der Waals surface area contributed by atoms with Gasteiger partial charge < -0.3 is 14.4 Å². The third kappa shape index (κ3) is 2.56. The number of hydrogen-bond donors (Lipinski definition) is 1. The number of rotatable bonds is 4. The van der Waals surface area contributed by atoms with Gasteiger partial charge in [-0.15, -0.1) is 0 Å². The second-order valence-corrected chi connectivity index (χ2v) is 8.09. The Bertz CT molecular complexity index is 1030. The first-order chi connectivity index (χ1) is 13.2. The molecule has 138 valence electrons. The lowest BCUT2D eigenvalue weighted by Crippen LogP contribution is -2.37. The fraction of sp³-hybridized carbons (Fsp3) is 0.450. The van der Waals surface area contributed by atoms with Crippen molar-refractivity contribution in [2.75, 3.05) is 18.1 Å². The molecular weight excluding hydrogens is 342 g/mol. The number of nitrogens with one attached hydrogen (secondary N) is 1. The maximum absolute atomic E-state index is 6.12. The third-order valence-corrected chi connectivity index (χ3v) is 5.94. The fourth-order valence-electron chi connectivity index (χ4n) is 4.13. The molecule has 1 saturated carbocycles. The summed E-state index contributed by atoms with van der Waals surface area (Å²) in [6, 6.07) is 8.54. The number of nitrogens with zero attached hydrogens (tertiary/aromatic N) is 4. The summed E-state index contributed by atoms with van der Waals surface area (Å²) in [5.41, 5.74) is 2.63. The molecule has 3 aliphatic rings. The number of H-pyrrole nitrogens is 1. The first-order valence-electron chi connectivity index (χ1n) is 9.55. The largest absolute Gasteiger partial charge is 0.488 e. The van der Waals surface area contributed by atoms with Gasteiger partial charge in [-0.3, -0.25) is 5.10 Å². The molecular formula is C20H21N5O2. The molecule has 0 radical (unpaired) electrons. The second-order valence-electron chi connectivity index (χ2n) is 8.09. The molecule has 2 aromatic heterocycles. The van der Waals surface area contributed by atoms with Gasteiger partial charge >= 0.3 is 0 Å². The monoisotopic (exact) mass is 363 g/mol. The van der Waals surface area contributed by atoms with Crippen molar-refractivity contribution < 1.29 is 9.47 Å². The van der Waals surface area contributed by atoms with Gasteiger partial charge in [0.1, 0.15) is 29.2 Å². The van der Waals surface area contributed by atoms with Crippen LogP contribution < -0.4 is 9.64 Å². The highest BCUT2D eigenvalue weighted by molar-refractivity contribution is 5.93. The predicted molar refractivity (Wildman–Crippen MR) is 101 cm³/mol. The molecule has 7 heteroatoms. The topological polar surface area (TPSA) is 76.2 Å². The molecule has 3 aromatic rings. The van der Waals surface area contributed by atoms with E-state index in [0.29, 0.717) is 12.1 Å². The predicted octanol–water partition coefficient (Wildman–Crippen LogP) is 2.93. The van der Waals surface area contributed by atoms with Crippen molar-refractivity contribution in [1.29, 1.82) is 0 Å². The lowest BCUT2D eigenvalue weighted by atomic mass is 10.1. The van der Waals surface area contributed by atoms with E-state index in [9.17, 15) is 0 Å². The number of fused-ring (bicyclic) bond motifs is 3. The van der Waals surface area contributed by atoms with Crippen molar-refractivity contribution >= 4 is 16.7 Å². The molecule has 0 amide bonds. The zero-order valence-corrected chi connectivity index (χ0v) is 15.2. The maximum Gasteiger partial charge on any atom is 0.133 e. The Kier molecular flexibility index (Phi) is 3.09. The summed E-state index contributed by atoms with van der Waals surface area (Å²) in [6.45, 7) is 3.84. The first kappa shape index (κ1) is 15.4. The highest BCUT2D eigenvalue weighted by Crippen LogP contribution is 2.40. The summed E-state index contributed by atoms with van der Waals surface area (Å²) in [5.74, 6) is 1.83. The molecule has 0 spiro atoms. The molecule has 2 atom stereocenters. The number of aromatic nitrogens is 4. The van der Waals surface area contributed by atoms with E-state index in [1.54, 1.807) is 6.33 Å². The highest BCUT2D eigenvalue weighted by Gasteiger charge is 2.40. The minimum Gasteiger partial charge on any atom is -0.488 e. The van der Waals surface area contributed by atoms with Crippen LogP contribution in [0.5, 0.6) is 5.75 Å². The van der Waals surface area contributed by atoms with Gasteiger partial charge in [-0.05, 0) is 44.4 Å². The molecule has 27 heavy (non-hydrogen) atoms. The number of hydrogen-bond acceptors (Lipinski definition) is 6. The summed E-state index contributed by atoms with van der Waals surface area (Å²) >= 11 is 0. The highest BCUT2D eigenvalue weighted by atomic mass is 16.5. The van der Waals surface area contributed by atoms with Crippen LogP contribution in [0.4, 0.5) is 5.82 Å². The van der Waals surface area contributed by atoms with E-state index in [1.165, 1.54) is 0 Å². The van der Waals surface area contributed by atoms with Crippen molar-refractivity contribution in [3.63, 3.8) is 0 Å². The van der Waals surface area contributed by atoms with Crippen LogP contribution in [-0.2, 0) is 4.74 Å². The molecule has 1 aliphatic carbocycles. The molecule has 0 unspecified atom stereocenters. The maximum atomic E-state index is 6.12. The Morgan fingerprint density at radius 1 is 1.26 bits per heavy atom. The van der Waals surface area contributed by atoms with Crippen LogP contribution >= 0.6 is 0 Å². The van der Waals surface area contributed by atoms with Crippen molar-refractivity contribution in [2.24, 2.45) is 0 Å². The summed E-state index contributed by atoms with van der Waals surface area (Å²) in [5, 5.41) is 8.65. The molecule has 6 rings (SSSR count). The average Bonchev–Trinajstić information content (AvgIpc) is 3.11. The van der Waals surface area contributed by atoms with E-state index in [4.69, 9.17) is 9.47 Å². The zero-order chi connectivity index (χ0) is 18.0. The summed E-state index contributed by atoms with van der Waals surface area (Å²) in [6.07, 6.45) is 5.27. The Morgan fingerprint density at radius 2 is 2.19 bits per heavy atom. The van der Waals surface area contributed by atoms with Crippen molar-refractivity contribution in [2.45, 2.75) is 43.9 Å². The molecule has 2 saturated heterocycles. The molecule has 1 aromatic carbocycles. The van der Waals surface area contributed by atoms with E-state index in [0.717, 1.165) is 66.3 Å². The van der Waals surface area contributed by atoms with Gasteiger partial charge in [-0.2, -0.15) is 5.10 Å². The van der Waals surface area contributed by atoms with Gasteiger partial charge in [0.05, 0.1) is 30.0 Å². The Balaban J connectivity index is 1.37. The Labute approximate surface area is 156 Å². The van der Waals surface area contributed by atoms with E-state index >= 15 is 0 Å². The summed E-state index contributed by atoms with van der Waals surface area (Å²) in [4.78, 5) is 11.3. The fourth-order valence-corrected chi connectivity index (χ4v) is 4.13. The number of morpholine rings is 1. The standard InChI is InChI=1S/C20H21N5O2/c1-20(4-5-20)27-13-2-3-16-15(7-13)19(24-23-16)17-8-18(22-11-21-17)25-9-14-6-12(25)10-26-14/h2-3,7-8,11-12,14H,4-6,9-10H2,1H3,(H,23,24)/t12-,14-/m0/s1. The number of anilines is 1. The van der Waals surface area contributed by atoms with Crippen LogP contribution in [0, 0.1) is 0 Å². The van der Waals surface area contributed by atoms with Gasteiger partial charge in [0.25, 0.3) is 0 Å². The summed E-state index contributed by atoms with van der Waals surface area (Å²) in [7, 11) is 0. The minimum absolute atomic E-state index is 0.00317. The second kappa shape index (κ2) is 5.42. The summed E-state index contributed by atoms with van der Waals surface area (Å²) < 4.78 is 11.8. The van der Waals surface area contributed by atoms with Crippen LogP contribution in [-0.4, -0.2) is 51.1 Å². The molecule has 2 bridgehead atoms. The van der Waals surface area contributed by atoms with Gasteiger partial charge in [0.15, 0.2) is 0 Å². The average molecular weight is 363 g/mol. The third-order valence-electron chi connectivity index (χ3n) is 5.94. The number of aromatic amines is 1. The number of benzene rings is 1. The van der Waals surface area contributed by atoms with Crippen LogP contribution in [0.2, 0.25) is 0 Å². The molecule has 4 heterocycles. The van der Waals surface area contributed by atoms with Crippen molar-refractivity contribution in [3.05, 3.63) is 30.6 Å². The smallest absolute Gasteiger partial charge is 0.133 e. The van der Waals surface area contributed by atoms with E-state index in [1.807, 2.05) is 18.2 Å². The molecule has 3 fully saturated rings. The molecule has 7 nitrogen and oxygen atoms in total. The SMILES string of the molecule is CC1(Oc2ccc3[nH]nc(-c4cc(N5C[C@@H]6C[C@H]5CO6)ncn4)c3c2)CC1. The van der Waals surface area contributed by atoms with Crippen molar-refractivity contribution in [1.82, 2.24) is 20.2 Å². The van der Waals surface area contributed by atoms with E-state index in [2.05, 4.69) is 38.1 Å². The van der Waals surface area contributed by atoms with Gasteiger partial charge in [-0.1, -0.05) is 0 Å². The van der Waals surface area contributed by atoms with Crippen LogP contribution in [0.1, 0.15) is 26.2 Å². The van der Waals surface area contributed by atoms with E-state index in [-0.39, 0.29) is 5.60 Å². The quantitative estimate of drug-likeness (QED) is 0.768. The Morgan fingerprint density at radius 3 is 2.96 bits per heavy atom. The van der Waals surface area contributed by atoms with Gasteiger partial charge in [0.2, 0.25) is 0 Å². The van der Waals surface area contributed by atoms with Gasteiger partial charge in [-0.25, -0.2) is 9.97 Å². The first-order valence-corrected chi connectivity index (χ1v) is 9.55. The van der Waals surface area contributed by atoms with E-state index < -0.39 is 0 Å². The van der Waals surface area contributed by atoms with Crippen LogP contribution in [0.25, 0.3) is 22.3 Å². The number of ether oxygens (including phenoxy) is 2. The van der Waals surface area contributed by atoms with Gasteiger partial charge in [0, 0.05) is 18.0 Å². The Hall–Kier alpha value is -2.67. The van der Waals surface area contributed by atoms with Crippen LogP contribution in [0.3, 0.4) is 0 Å². The zero-order valence-electron chi connectivity index (χ0n) is 15.2. The normalized spacial score (nSPS) is 25.3. The minimum atomic E-state index is -0.00317. The lowest BCUT2D eigenvalue weighted by Gasteiger charge is -2.27. The lowest BCUT2D eigenvalue weighted by molar-refractivity contribution is 0.0989.